The van der Waals surface area contributed by atoms with E-state index in [4.69, 9.17) is 0 Å². The Morgan fingerprint density at radius 2 is 1.09 bits per heavy atom. The normalized spacial score (nSPS) is 12.3. The lowest BCUT2D eigenvalue weighted by Gasteiger charge is -2.02. The quantitative estimate of drug-likeness (QED) is 0.732. The van der Waals surface area contributed by atoms with Gasteiger partial charge in [0.05, 0.1) is 9.79 Å². The van der Waals surface area contributed by atoms with Crippen LogP contribution in [-0.4, -0.2) is 39.3 Å². The number of hydrogen-bond donors (Lipinski definition) is 0. The fourth-order valence-corrected chi connectivity index (χ4v) is 4.19. The van der Waals surface area contributed by atoms with Crippen LogP contribution >= 0.6 is 21.6 Å². The van der Waals surface area contributed by atoms with Crippen LogP contribution in [0.3, 0.4) is 0 Å². The first kappa shape index (κ1) is 17.3. The Labute approximate surface area is 137 Å². The summed E-state index contributed by atoms with van der Waals surface area (Å²) in [6.07, 6.45) is 4.86. The molecule has 0 radical (unpaired) electrons. The predicted octanol–water partition coefficient (Wildman–Crippen LogP) is 2.08. The first-order valence-electron chi connectivity index (χ1n) is 5.83. The van der Waals surface area contributed by atoms with Crippen molar-refractivity contribution in [1.29, 1.82) is 0 Å². The number of nitrogens with zero attached hydrogens (tertiary/aromatic N) is 2. The van der Waals surface area contributed by atoms with Gasteiger partial charge in [-0.3, -0.25) is 0 Å². The molecular weight excluding hydrogens is 364 g/mol. The minimum atomic E-state index is -3.25. The molecular formula is C12H12N2O4S4. The second kappa shape index (κ2) is 6.57. The zero-order chi connectivity index (χ0) is 16.4. The van der Waals surface area contributed by atoms with E-state index in [1.54, 1.807) is 12.1 Å². The molecule has 0 aliphatic rings. The van der Waals surface area contributed by atoms with Crippen LogP contribution in [0.25, 0.3) is 0 Å². The van der Waals surface area contributed by atoms with Gasteiger partial charge < -0.3 is 0 Å². The van der Waals surface area contributed by atoms with Crippen molar-refractivity contribution in [1.82, 2.24) is 9.97 Å². The third-order valence-electron chi connectivity index (χ3n) is 2.49. The van der Waals surface area contributed by atoms with E-state index >= 15 is 0 Å². The third kappa shape index (κ3) is 4.70. The van der Waals surface area contributed by atoms with Gasteiger partial charge in [0.25, 0.3) is 0 Å². The highest BCUT2D eigenvalue weighted by molar-refractivity contribution is 8.76. The van der Waals surface area contributed by atoms with Crippen LogP contribution in [0.4, 0.5) is 0 Å². The van der Waals surface area contributed by atoms with Crippen molar-refractivity contribution in [3.8, 4) is 0 Å². The highest BCUT2D eigenvalue weighted by Gasteiger charge is 2.09. The maximum Gasteiger partial charge on any atom is 0.177 e. The number of rotatable bonds is 5. The topological polar surface area (TPSA) is 94.1 Å². The van der Waals surface area contributed by atoms with Crippen molar-refractivity contribution in [3.63, 3.8) is 0 Å². The van der Waals surface area contributed by atoms with Crippen LogP contribution in [0.2, 0.25) is 0 Å². The smallest absolute Gasteiger partial charge is 0.177 e. The lowest BCUT2D eigenvalue weighted by Crippen LogP contribution is -1.97. The maximum atomic E-state index is 11.3. The standard InChI is InChI=1S/C12H12N2O4S4/c1-21(15,16)9-3-5-11(13-7-9)19-20-12-6-4-10(8-14-12)22(2,17)18/h3-8H,1-2H3. The lowest BCUT2D eigenvalue weighted by molar-refractivity contribution is 0.599. The first-order chi connectivity index (χ1) is 10.2. The van der Waals surface area contributed by atoms with Gasteiger partial charge in [0.2, 0.25) is 0 Å². The summed E-state index contributed by atoms with van der Waals surface area (Å²) in [5, 5.41) is 1.26. The molecule has 0 bridgehead atoms. The Hall–Kier alpha value is -1.10. The Kier molecular flexibility index (Phi) is 5.15. The first-order valence-corrected chi connectivity index (χ1v) is 11.8. The SMILES string of the molecule is CS(=O)(=O)c1ccc(SSc2ccc(S(C)(=O)=O)cn2)nc1. The monoisotopic (exact) mass is 376 g/mol. The van der Waals surface area contributed by atoms with Gasteiger partial charge in [-0.1, -0.05) is 0 Å². The van der Waals surface area contributed by atoms with Crippen molar-refractivity contribution in [3.05, 3.63) is 36.7 Å². The molecule has 0 unspecified atom stereocenters. The molecule has 2 aromatic rings. The van der Waals surface area contributed by atoms with E-state index in [0.29, 0.717) is 10.1 Å². The van der Waals surface area contributed by atoms with Crippen molar-refractivity contribution < 1.29 is 16.8 Å². The highest BCUT2D eigenvalue weighted by Crippen LogP contribution is 2.35. The summed E-state index contributed by atoms with van der Waals surface area (Å²) in [4.78, 5) is 8.44. The van der Waals surface area contributed by atoms with Crippen molar-refractivity contribution in [2.75, 3.05) is 12.5 Å². The Bertz CT molecular complexity index is 785. The van der Waals surface area contributed by atoms with Crippen molar-refractivity contribution >= 4 is 41.3 Å². The van der Waals surface area contributed by atoms with E-state index in [1.807, 2.05) is 0 Å². The van der Waals surface area contributed by atoms with Gasteiger partial charge in [0, 0.05) is 24.9 Å². The molecule has 0 aliphatic heterocycles. The van der Waals surface area contributed by atoms with E-state index < -0.39 is 19.7 Å². The van der Waals surface area contributed by atoms with E-state index in [1.165, 1.54) is 46.1 Å². The Morgan fingerprint density at radius 1 is 0.727 bits per heavy atom. The van der Waals surface area contributed by atoms with E-state index in [-0.39, 0.29) is 9.79 Å². The number of aromatic nitrogens is 2. The summed E-state index contributed by atoms with van der Waals surface area (Å²) in [7, 11) is -3.90. The fraction of sp³-hybridized carbons (Fsp3) is 0.167. The van der Waals surface area contributed by atoms with Gasteiger partial charge in [0.15, 0.2) is 19.7 Å². The van der Waals surface area contributed by atoms with Gasteiger partial charge in [-0.05, 0) is 45.9 Å². The third-order valence-corrected chi connectivity index (χ3v) is 6.87. The molecule has 0 N–H and O–H groups in total. The van der Waals surface area contributed by atoms with Gasteiger partial charge in [-0.25, -0.2) is 26.8 Å². The van der Waals surface area contributed by atoms with Gasteiger partial charge in [0.1, 0.15) is 10.1 Å². The molecule has 10 heteroatoms. The molecule has 0 saturated carbocycles. The Balaban J connectivity index is 2.04. The molecule has 0 saturated heterocycles. The molecule has 2 aromatic heterocycles. The molecule has 22 heavy (non-hydrogen) atoms. The summed E-state index contributed by atoms with van der Waals surface area (Å²) < 4.78 is 45.3. The average molecular weight is 377 g/mol. The minimum absolute atomic E-state index is 0.164. The second-order valence-electron chi connectivity index (χ2n) is 4.38. The summed E-state index contributed by atoms with van der Waals surface area (Å²) in [6, 6.07) is 6.20. The molecule has 0 amide bonds. The average Bonchev–Trinajstić information content (AvgIpc) is 2.44. The maximum absolute atomic E-state index is 11.3. The number of hydrogen-bond acceptors (Lipinski definition) is 8. The lowest BCUT2D eigenvalue weighted by atomic mass is 10.5. The minimum Gasteiger partial charge on any atom is -0.248 e. The van der Waals surface area contributed by atoms with Crippen LogP contribution in [0.1, 0.15) is 0 Å². The summed E-state index contributed by atoms with van der Waals surface area (Å²) in [5.74, 6) is 0. The molecule has 0 fully saturated rings. The fourth-order valence-electron chi connectivity index (χ4n) is 1.36. The van der Waals surface area contributed by atoms with Crippen LogP contribution in [0.15, 0.2) is 56.5 Å². The molecule has 2 rings (SSSR count). The summed E-state index contributed by atoms with van der Waals surface area (Å²) in [6.45, 7) is 0. The number of pyridine rings is 2. The van der Waals surface area contributed by atoms with Crippen LogP contribution in [-0.2, 0) is 19.7 Å². The predicted molar refractivity (Wildman–Crippen MR) is 86.4 cm³/mol. The zero-order valence-corrected chi connectivity index (χ0v) is 14.9. The summed E-state index contributed by atoms with van der Waals surface area (Å²) >= 11 is 0. The van der Waals surface area contributed by atoms with E-state index in [0.717, 1.165) is 12.5 Å². The van der Waals surface area contributed by atoms with Crippen molar-refractivity contribution in [2.24, 2.45) is 0 Å². The molecule has 118 valence electrons. The molecule has 0 aromatic carbocycles. The molecule has 2 heterocycles. The van der Waals surface area contributed by atoms with E-state index in [2.05, 4.69) is 9.97 Å². The van der Waals surface area contributed by atoms with Crippen LogP contribution < -0.4 is 0 Å². The van der Waals surface area contributed by atoms with Crippen LogP contribution in [0.5, 0.6) is 0 Å². The molecule has 6 nitrogen and oxygen atoms in total. The Morgan fingerprint density at radius 3 is 1.32 bits per heavy atom. The van der Waals surface area contributed by atoms with Gasteiger partial charge >= 0.3 is 0 Å². The largest absolute Gasteiger partial charge is 0.248 e. The van der Waals surface area contributed by atoms with Gasteiger partial charge in [-0.2, -0.15) is 0 Å². The summed E-state index contributed by atoms with van der Waals surface area (Å²) in [5.41, 5.74) is 0. The second-order valence-corrected chi connectivity index (χ2v) is 10.6. The van der Waals surface area contributed by atoms with E-state index in [9.17, 15) is 16.8 Å². The van der Waals surface area contributed by atoms with Crippen LogP contribution in [0, 0.1) is 0 Å². The zero-order valence-electron chi connectivity index (χ0n) is 11.6. The molecule has 0 atom stereocenters. The molecule has 0 aliphatic carbocycles. The highest BCUT2D eigenvalue weighted by atomic mass is 33.1. The van der Waals surface area contributed by atoms with Crippen molar-refractivity contribution in [2.45, 2.75) is 19.8 Å². The number of sulfone groups is 2. The van der Waals surface area contributed by atoms with Gasteiger partial charge in [-0.15, -0.1) is 0 Å². The molecule has 0 spiro atoms.